The first-order valence-electron chi connectivity index (χ1n) is 5.07. The van der Waals surface area contributed by atoms with Crippen molar-refractivity contribution >= 4 is 11.6 Å². The van der Waals surface area contributed by atoms with Crippen molar-refractivity contribution in [3.63, 3.8) is 0 Å². The SMILES string of the molecule is COCC(=O)Nc1cccc(-c2cnco2)c1. The van der Waals surface area contributed by atoms with Crippen LogP contribution in [0.25, 0.3) is 11.3 Å². The van der Waals surface area contributed by atoms with Gasteiger partial charge in [-0.25, -0.2) is 4.98 Å². The molecule has 5 heteroatoms. The van der Waals surface area contributed by atoms with Gasteiger partial charge in [-0.3, -0.25) is 4.79 Å². The number of nitrogens with zero attached hydrogens (tertiary/aromatic N) is 1. The first-order chi connectivity index (χ1) is 8.29. The molecular weight excluding hydrogens is 220 g/mol. The fourth-order valence-corrected chi connectivity index (χ4v) is 1.44. The molecule has 1 aromatic carbocycles. The summed E-state index contributed by atoms with van der Waals surface area (Å²) in [5.74, 6) is 0.468. The van der Waals surface area contributed by atoms with E-state index in [1.807, 2.05) is 18.2 Å². The lowest BCUT2D eigenvalue weighted by atomic mass is 10.1. The Kier molecular flexibility index (Phi) is 3.52. The van der Waals surface area contributed by atoms with Crippen LogP contribution in [-0.4, -0.2) is 24.6 Å². The van der Waals surface area contributed by atoms with Crippen LogP contribution in [0.1, 0.15) is 0 Å². The lowest BCUT2D eigenvalue weighted by Crippen LogP contribution is -2.16. The summed E-state index contributed by atoms with van der Waals surface area (Å²) >= 11 is 0. The van der Waals surface area contributed by atoms with Gasteiger partial charge in [0.25, 0.3) is 0 Å². The molecule has 0 aliphatic rings. The van der Waals surface area contributed by atoms with Gasteiger partial charge in [-0.05, 0) is 12.1 Å². The van der Waals surface area contributed by atoms with Gasteiger partial charge in [0.15, 0.2) is 12.2 Å². The molecule has 0 saturated heterocycles. The molecular formula is C12H12N2O3. The smallest absolute Gasteiger partial charge is 0.250 e. The summed E-state index contributed by atoms with van der Waals surface area (Å²) < 4.78 is 9.92. The maximum Gasteiger partial charge on any atom is 0.250 e. The molecule has 88 valence electrons. The number of ether oxygens (including phenoxy) is 1. The number of amides is 1. The van der Waals surface area contributed by atoms with E-state index in [0.717, 1.165) is 5.56 Å². The number of carbonyl (C=O) groups is 1. The maximum absolute atomic E-state index is 11.3. The Morgan fingerprint density at radius 1 is 1.53 bits per heavy atom. The van der Waals surface area contributed by atoms with Crippen molar-refractivity contribution in [2.45, 2.75) is 0 Å². The summed E-state index contributed by atoms with van der Waals surface area (Å²) in [4.78, 5) is 15.2. The average molecular weight is 232 g/mol. The Bertz CT molecular complexity index is 494. The van der Waals surface area contributed by atoms with Gasteiger partial charge in [0, 0.05) is 18.4 Å². The highest BCUT2D eigenvalue weighted by Gasteiger charge is 2.04. The van der Waals surface area contributed by atoms with E-state index >= 15 is 0 Å². The van der Waals surface area contributed by atoms with E-state index < -0.39 is 0 Å². The molecule has 2 aromatic rings. The van der Waals surface area contributed by atoms with E-state index in [0.29, 0.717) is 11.4 Å². The molecule has 0 bridgehead atoms. The lowest BCUT2D eigenvalue weighted by molar-refractivity contribution is -0.119. The van der Waals surface area contributed by atoms with Crippen molar-refractivity contribution in [3.05, 3.63) is 36.9 Å². The van der Waals surface area contributed by atoms with Crippen molar-refractivity contribution in [2.24, 2.45) is 0 Å². The standard InChI is InChI=1S/C12H12N2O3/c1-16-7-12(15)14-10-4-2-3-9(5-10)11-6-13-8-17-11/h2-6,8H,7H2,1H3,(H,14,15). The summed E-state index contributed by atoms with van der Waals surface area (Å²) in [5.41, 5.74) is 1.55. The maximum atomic E-state index is 11.3. The minimum atomic E-state index is -0.192. The topological polar surface area (TPSA) is 64.4 Å². The molecule has 0 aliphatic heterocycles. The van der Waals surface area contributed by atoms with Crippen LogP contribution in [0.2, 0.25) is 0 Å². The summed E-state index contributed by atoms with van der Waals surface area (Å²) in [5, 5.41) is 2.72. The molecule has 0 atom stereocenters. The molecule has 0 radical (unpaired) electrons. The predicted molar refractivity (Wildman–Crippen MR) is 62.4 cm³/mol. The Morgan fingerprint density at radius 2 is 2.41 bits per heavy atom. The Morgan fingerprint density at radius 3 is 3.12 bits per heavy atom. The van der Waals surface area contributed by atoms with Gasteiger partial charge in [-0.15, -0.1) is 0 Å². The molecule has 0 unspecified atom stereocenters. The summed E-state index contributed by atoms with van der Waals surface area (Å²) in [6.07, 6.45) is 2.99. The van der Waals surface area contributed by atoms with Crippen molar-refractivity contribution in [3.8, 4) is 11.3 Å². The van der Waals surface area contributed by atoms with Gasteiger partial charge in [0.1, 0.15) is 6.61 Å². The summed E-state index contributed by atoms with van der Waals surface area (Å²) in [6.45, 7) is 0.0343. The third kappa shape index (κ3) is 2.92. The second-order valence-electron chi connectivity index (χ2n) is 3.43. The number of oxazole rings is 1. The van der Waals surface area contributed by atoms with Gasteiger partial charge < -0.3 is 14.5 Å². The van der Waals surface area contributed by atoms with E-state index in [9.17, 15) is 4.79 Å². The van der Waals surface area contributed by atoms with E-state index in [1.54, 1.807) is 12.3 Å². The van der Waals surface area contributed by atoms with Crippen LogP contribution >= 0.6 is 0 Å². The van der Waals surface area contributed by atoms with Crippen LogP contribution in [0.4, 0.5) is 5.69 Å². The van der Waals surface area contributed by atoms with Crippen molar-refractivity contribution < 1.29 is 13.9 Å². The van der Waals surface area contributed by atoms with E-state index in [4.69, 9.17) is 9.15 Å². The average Bonchev–Trinajstić information content (AvgIpc) is 2.83. The number of methoxy groups -OCH3 is 1. The fraction of sp³-hybridized carbons (Fsp3) is 0.167. The first kappa shape index (κ1) is 11.3. The van der Waals surface area contributed by atoms with Crippen LogP contribution in [0.3, 0.4) is 0 Å². The molecule has 1 heterocycles. The van der Waals surface area contributed by atoms with Gasteiger partial charge >= 0.3 is 0 Å². The van der Waals surface area contributed by atoms with Crippen LogP contribution in [0.15, 0.2) is 41.3 Å². The molecule has 5 nitrogen and oxygen atoms in total. The zero-order valence-electron chi connectivity index (χ0n) is 9.34. The van der Waals surface area contributed by atoms with E-state index in [1.165, 1.54) is 13.5 Å². The van der Waals surface area contributed by atoms with Crippen molar-refractivity contribution in [2.75, 3.05) is 19.0 Å². The van der Waals surface area contributed by atoms with Crippen LogP contribution in [0, 0.1) is 0 Å². The molecule has 0 aliphatic carbocycles. The summed E-state index contributed by atoms with van der Waals surface area (Å²) in [6, 6.07) is 7.33. The number of hydrogen-bond acceptors (Lipinski definition) is 4. The minimum absolute atomic E-state index is 0.0343. The fourth-order valence-electron chi connectivity index (χ4n) is 1.44. The number of aromatic nitrogens is 1. The highest BCUT2D eigenvalue weighted by atomic mass is 16.5. The number of hydrogen-bond donors (Lipinski definition) is 1. The molecule has 1 aromatic heterocycles. The van der Waals surface area contributed by atoms with Crippen LogP contribution < -0.4 is 5.32 Å². The molecule has 17 heavy (non-hydrogen) atoms. The third-order valence-corrected chi connectivity index (χ3v) is 2.14. The first-order valence-corrected chi connectivity index (χ1v) is 5.07. The van der Waals surface area contributed by atoms with Crippen molar-refractivity contribution in [1.82, 2.24) is 4.98 Å². The third-order valence-electron chi connectivity index (χ3n) is 2.14. The second-order valence-corrected chi connectivity index (χ2v) is 3.43. The highest BCUT2D eigenvalue weighted by molar-refractivity contribution is 5.92. The Labute approximate surface area is 98.4 Å². The number of benzene rings is 1. The normalized spacial score (nSPS) is 10.2. The number of nitrogens with one attached hydrogen (secondary N) is 1. The minimum Gasteiger partial charge on any atom is -0.444 e. The largest absolute Gasteiger partial charge is 0.444 e. The zero-order valence-corrected chi connectivity index (χ0v) is 9.34. The van der Waals surface area contributed by atoms with E-state index in [-0.39, 0.29) is 12.5 Å². The monoisotopic (exact) mass is 232 g/mol. The predicted octanol–water partition coefficient (Wildman–Crippen LogP) is 1.93. The quantitative estimate of drug-likeness (QED) is 0.874. The van der Waals surface area contributed by atoms with Gasteiger partial charge in [0.05, 0.1) is 6.20 Å². The molecule has 0 fully saturated rings. The van der Waals surface area contributed by atoms with E-state index in [2.05, 4.69) is 10.3 Å². The second kappa shape index (κ2) is 5.27. The number of carbonyl (C=O) groups excluding carboxylic acids is 1. The van der Waals surface area contributed by atoms with Crippen LogP contribution in [0.5, 0.6) is 0 Å². The lowest BCUT2D eigenvalue weighted by Gasteiger charge is -2.05. The number of rotatable bonds is 4. The highest BCUT2D eigenvalue weighted by Crippen LogP contribution is 2.21. The van der Waals surface area contributed by atoms with Gasteiger partial charge in [-0.1, -0.05) is 12.1 Å². The van der Waals surface area contributed by atoms with Crippen LogP contribution in [-0.2, 0) is 9.53 Å². The zero-order chi connectivity index (χ0) is 12.1. The molecule has 0 saturated carbocycles. The Balaban J connectivity index is 2.15. The van der Waals surface area contributed by atoms with Gasteiger partial charge in [-0.2, -0.15) is 0 Å². The summed E-state index contributed by atoms with van der Waals surface area (Å²) in [7, 11) is 1.48. The van der Waals surface area contributed by atoms with Gasteiger partial charge in [0.2, 0.25) is 5.91 Å². The molecule has 1 amide bonds. The molecule has 2 rings (SSSR count). The number of anilines is 1. The Hall–Kier alpha value is -2.14. The molecule has 1 N–H and O–H groups in total. The van der Waals surface area contributed by atoms with Crippen molar-refractivity contribution in [1.29, 1.82) is 0 Å². The molecule has 0 spiro atoms.